The SMILES string of the molecule is Cc1ccc(CN2C(=O)C(=Nc3ccc(NC(=O)Nc4ccc(S(N)(=O)=O)cc4)cc3)c3ccccc32)cc1. The van der Waals surface area contributed by atoms with Gasteiger partial charge < -0.3 is 15.5 Å². The summed E-state index contributed by atoms with van der Waals surface area (Å²) in [6.45, 7) is 2.47. The first-order valence-electron chi connectivity index (χ1n) is 12.0. The normalized spacial score (nSPS) is 13.8. The predicted octanol–water partition coefficient (Wildman–Crippen LogP) is 4.95. The van der Waals surface area contributed by atoms with Crippen LogP contribution in [0.3, 0.4) is 0 Å². The van der Waals surface area contributed by atoms with Crippen molar-refractivity contribution >= 4 is 50.4 Å². The highest BCUT2D eigenvalue weighted by molar-refractivity contribution is 7.89. The van der Waals surface area contributed by atoms with E-state index in [0.717, 1.165) is 22.4 Å². The number of hydrogen-bond acceptors (Lipinski definition) is 5. The number of aryl methyl sites for hydroxylation is 1. The Labute approximate surface area is 226 Å². The minimum absolute atomic E-state index is 0.0488. The summed E-state index contributed by atoms with van der Waals surface area (Å²) in [7, 11) is -3.81. The number of primary sulfonamides is 1. The molecule has 0 aliphatic carbocycles. The Kier molecular flexibility index (Phi) is 6.97. The molecule has 10 heteroatoms. The van der Waals surface area contributed by atoms with Gasteiger partial charge in [0, 0.05) is 16.9 Å². The molecule has 5 rings (SSSR count). The number of amides is 3. The minimum atomic E-state index is -3.81. The second kappa shape index (κ2) is 10.5. The number of nitrogens with zero attached hydrogens (tertiary/aromatic N) is 2. The van der Waals surface area contributed by atoms with Crippen LogP contribution in [0.4, 0.5) is 27.5 Å². The molecule has 1 aliphatic heterocycles. The molecule has 0 saturated carbocycles. The average molecular weight is 540 g/mol. The second-order valence-corrected chi connectivity index (χ2v) is 10.6. The zero-order valence-electron chi connectivity index (χ0n) is 21.0. The highest BCUT2D eigenvalue weighted by atomic mass is 32.2. The maximum Gasteiger partial charge on any atom is 0.323 e. The zero-order chi connectivity index (χ0) is 27.6. The van der Waals surface area contributed by atoms with Crippen LogP contribution in [0.5, 0.6) is 0 Å². The first-order chi connectivity index (χ1) is 18.7. The Morgan fingerprint density at radius 2 is 1.44 bits per heavy atom. The lowest BCUT2D eigenvalue weighted by molar-refractivity contribution is -0.112. The standard InChI is InChI=1S/C29H25N5O4S/c1-19-6-8-20(9-7-19)18-34-26-5-3-2-4-25(26)27(28(34)35)31-21-10-12-22(13-11-21)32-29(36)33-23-14-16-24(17-15-23)39(30,37)38/h2-17H,18H2,1H3,(H2,30,37,38)(H2,32,33,36). The molecule has 196 valence electrons. The van der Waals surface area contributed by atoms with Crippen LogP contribution in [0.1, 0.15) is 16.7 Å². The van der Waals surface area contributed by atoms with Crippen LogP contribution in [0.2, 0.25) is 0 Å². The van der Waals surface area contributed by atoms with Crippen LogP contribution < -0.4 is 20.7 Å². The van der Waals surface area contributed by atoms with Crippen molar-refractivity contribution in [2.45, 2.75) is 18.4 Å². The number of para-hydroxylation sites is 1. The van der Waals surface area contributed by atoms with Gasteiger partial charge in [-0.05, 0) is 67.1 Å². The van der Waals surface area contributed by atoms with Gasteiger partial charge in [0.2, 0.25) is 10.0 Å². The van der Waals surface area contributed by atoms with Crippen molar-refractivity contribution in [1.29, 1.82) is 0 Å². The maximum atomic E-state index is 13.4. The summed E-state index contributed by atoms with van der Waals surface area (Å²) in [5.41, 5.74) is 5.60. The Morgan fingerprint density at radius 1 is 0.846 bits per heavy atom. The molecule has 1 aliphatic rings. The fourth-order valence-electron chi connectivity index (χ4n) is 4.17. The van der Waals surface area contributed by atoms with Crippen molar-refractivity contribution in [3.8, 4) is 0 Å². The van der Waals surface area contributed by atoms with Crippen molar-refractivity contribution in [3.63, 3.8) is 0 Å². The molecule has 0 unspecified atom stereocenters. The zero-order valence-corrected chi connectivity index (χ0v) is 21.8. The van der Waals surface area contributed by atoms with E-state index in [0.29, 0.717) is 29.3 Å². The van der Waals surface area contributed by atoms with Crippen molar-refractivity contribution in [2.24, 2.45) is 10.1 Å². The fraction of sp³-hybridized carbons (Fsp3) is 0.0690. The number of anilines is 3. The summed E-state index contributed by atoms with van der Waals surface area (Å²) in [4.78, 5) is 32.1. The summed E-state index contributed by atoms with van der Waals surface area (Å²) in [6, 6.07) is 27.4. The van der Waals surface area contributed by atoms with Gasteiger partial charge in [-0.25, -0.2) is 23.3 Å². The summed E-state index contributed by atoms with van der Waals surface area (Å²) >= 11 is 0. The maximum absolute atomic E-state index is 13.4. The third-order valence-corrected chi connectivity index (χ3v) is 7.10. The Balaban J connectivity index is 1.29. The lowest BCUT2D eigenvalue weighted by atomic mass is 10.1. The minimum Gasteiger partial charge on any atom is -0.308 e. The van der Waals surface area contributed by atoms with Gasteiger partial charge in [-0.2, -0.15) is 0 Å². The van der Waals surface area contributed by atoms with E-state index in [1.54, 1.807) is 29.2 Å². The number of nitrogens with one attached hydrogen (secondary N) is 2. The highest BCUT2D eigenvalue weighted by Gasteiger charge is 2.33. The molecular weight excluding hydrogens is 514 g/mol. The van der Waals surface area contributed by atoms with E-state index in [4.69, 9.17) is 5.14 Å². The van der Waals surface area contributed by atoms with Crippen LogP contribution in [0.25, 0.3) is 0 Å². The number of hydrogen-bond donors (Lipinski definition) is 3. The summed E-state index contributed by atoms with van der Waals surface area (Å²) in [5.74, 6) is -0.174. The highest BCUT2D eigenvalue weighted by Crippen LogP contribution is 2.32. The van der Waals surface area contributed by atoms with Crippen molar-refractivity contribution in [1.82, 2.24) is 0 Å². The number of benzene rings is 4. The van der Waals surface area contributed by atoms with E-state index >= 15 is 0 Å². The lowest BCUT2D eigenvalue weighted by Gasteiger charge is -2.17. The smallest absolute Gasteiger partial charge is 0.308 e. The van der Waals surface area contributed by atoms with E-state index in [1.807, 2.05) is 55.5 Å². The van der Waals surface area contributed by atoms with E-state index < -0.39 is 16.1 Å². The Bertz CT molecular complexity index is 1680. The van der Waals surface area contributed by atoms with E-state index in [-0.39, 0.29) is 10.8 Å². The molecular formula is C29H25N5O4S. The van der Waals surface area contributed by atoms with Crippen LogP contribution in [-0.2, 0) is 21.4 Å². The van der Waals surface area contributed by atoms with Crippen LogP contribution >= 0.6 is 0 Å². The Morgan fingerprint density at radius 3 is 2.05 bits per heavy atom. The predicted molar refractivity (Wildman–Crippen MR) is 152 cm³/mol. The quantitative estimate of drug-likeness (QED) is 0.319. The molecule has 0 fully saturated rings. The monoisotopic (exact) mass is 539 g/mol. The van der Waals surface area contributed by atoms with Crippen molar-refractivity contribution in [2.75, 3.05) is 15.5 Å². The van der Waals surface area contributed by atoms with E-state index in [9.17, 15) is 18.0 Å². The molecule has 4 aromatic rings. The lowest BCUT2D eigenvalue weighted by Crippen LogP contribution is -2.29. The number of carbonyl (C=O) groups is 2. The first-order valence-corrected chi connectivity index (χ1v) is 13.6. The third kappa shape index (κ3) is 5.87. The molecule has 0 spiro atoms. The van der Waals surface area contributed by atoms with Crippen LogP contribution in [-0.4, -0.2) is 26.1 Å². The summed E-state index contributed by atoms with van der Waals surface area (Å²) in [6.07, 6.45) is 0. The van der Waals surface area contributed by atoms with Crippen LogP contribution in [0.15, 0.2) is 107 Å². The summed E-state index contributed by atoms with van der Waals surface area (Å²) in [5, 5.41) is 10.4. The van der Waals surface area contributed by atoms with E-state index in [2.05, 4.69) is 15.6 Å². The first kappa shape index (κ1) is 25.8. The molecule has 39 heavy (non-hydrogen) atoms. The molecule has 9 nitrogen and oxygen atoms in total. The number of urea groups is 1. The van der Waals surface area contributed by atoms with Gasteiger partial charge in [0.05, 0.1) is 22.8 Å². The third-order valence-electron chi connectivity index (χ3n) is 6.17. The second-order valence-electron chi connectivity index (χ2n) is 9.05. The van der Waals surface area contributed by atoms with Gasteiger partial charge >= 0.3 is 6.03 Å². The molecule has 4 aromatic carbocycles. The summed E-state index contributed by atoms with van der Waals surface area (Å²) < 4.78 is 22.7. The molecule has 0 aromatic heterocycles. The number of rotatable bonds is 6. The molecule has 0 radical (unpaired) electrons. The molecule has 0 atom stereocenters. The van der Waals surface area contributed by atoms with Gasteiger partial charge in [0.25, 0.3) is 5.91 Å². The molecule has 1 heterocycles. The largest absolute Gasteiger partial charge is 0.323 e. The number of fused-ring (bicyclic) bond motifs is 1. The number of carbonyl (C=O) groups excluding carboxylic acids is 2. The number of sulfonamides is 1. The van der Waals surface area contributed by atoms with Crippen molar-refractivity contribution in [3.05, 3.63) is 114 Å². The molecule has 0 bridgehead atoms. The molecule has 3 amide bonds. The Hall–Kier alpha value is -4.80. The average Bonchev–Trinajstić information content (AvgIpc) is 3.17. The fourth-order valence-corrected chi connectivity index (χ4v) is 4.69. The van der Waals surface area contributed by atoms with Crippen LogP contribution in [0, 0.1) is 6.92 Å². The number of aliphatic imine (C=N–C) groups is 1. The van der Waals surface area contributed by atoms with Gasteiger partial charge in [0.1, 0.15) is 5.71 Å². The molecule has 4 N–H and O–H groups in total. The van der Waals surface area contributed by atoms with Crippen molar-refractivity contribution < 1.29 is 18.0 Å². The van der Waals surface area contributed by atoms with Gasteiger partial charge in [-0.1, -0.05) is 48.0 Å². The van der Waals surface area contributed by atoms with E-state index in [1.165, 1.54) is 24.3 Å². The van der Waals surface area contributed by atoms with Gasteiger partial charge in [0.15, 0.2) is 0 Å². The topological polar surface area (TPSA) is 134 Å². The van der Waals surface area contributed by atoms with Gasteiger partial charge in [-0.15, -0.1) is 0 Å². The van der Waals surface area contributed by atoms with Gasteiger partial charge in [-0.3, -0.25) is 4.79 Å². The molecule has 0 saturated heterocycles. The number of nitrogens with two attached hydrogens (primary N) is 1.